The molecule has 1 amide bonds. The van der Waals surface area contributed by atoms with Gasteiger partial charge in [0.2, 0.25) is 0 Å². The van der Waals surface area contributed by atoms with Gasteiger partial charge in [-0.1, -0.05) is 23.8 Å². The van der Waals surface area contributed by atoms with E-state index >= 15 is 0 Å². The second-order valence-electron chi connectivity index (χ2n) is 6.68. The molecular weight excluding hydrogens is 358 g/mol. The molecule has 0 bridgehead atoms. The van der Waals surface area contributed by atoms with Crippen LogP contribution in [0.25, 0.3) is 6.08 Å². The summed E-state index contributed by atoms with van der Waals surface area (Å²) in [6, 6.07) is 6.58. The van der Waals surface area contributed by atoms with E-state index in [-0.39, 0.29) is 5.91 Å². The molecule has 0 radical (unpaired) electrons. The number of carbonyl (C=O) groups excluding carboxylic acids is 3. The molecule has 6 heteroatoms. The van der Waals surface area contributed by atoms with Gasteiger partial charge >= 0.3 is 11.9 Å². The highest BCUT2D eigenvalue weighted by molar-refractivity contribution is 5.91. The minimum Gasteiger partial charge on any atom is -0.465 e. The summed E-state index contributed by atoms with van der Waals surface area (Å²) in [7, 11) is 1.32. The van der Waals surface area contributed by atoms with Crippen molar-refractivity contribution >= 4 is 23.9 Å². The van der Waals surface area contributed by atoms with Crippen LogP contribution in [0.5, 0.6) is 0 Å². The summed E-state index contributed by atoms with van der Waals surface area (Å²) in [6.45, 7) is 2.10. The predicted molar refractivity (Wildman–Crippen MR) is 107 cm³/mol. The van der Waals surface area contributed by atoms with Crippen molar-refractivity contribution in [3.05, 3.63) is 53.1 Å². The molecule has 1 atom stereocenters. The van der Waals surface area contributed by atoms with Gasteiger partial charge in [-0.25, -0.2) is 9.59 Å². The zero-order valence-corrected chi connectivity index (χ0v) is 16.4. The van der Waals surface area contributed by atoms with Gasteiger partial charge in [0, 0.05) is 12.6 Å². The molecule has 6 nitrogen and oxygen atoms in total. The van der Waals surface area contributed by atoms with Gasteiger partial charge in [0.1, 0.15) is 0 Å². The van der Waals surface area contributed by atoms with Gasteiger partial charge in [0.15, 0.2) is 6.10 Å². The van der Waals surface area contributed by atoms with Crippen LogP contribution in [0.4, 0.5) is 0 Å². The third-order valence-corrected chi connectivity index (χ3v) is 4.54. The molecule has 150 valence electrons. The Morgan fingerprint density at radius 2 is 1.93 bits per heavy atom. The molecule has 0 aromatic heterocycles. The molecule has 2 rings (SSSR count). The predicted octanol–water partition coefficient (Wildman–Crippen LogP) is 3.42. The average molecular weight is 385 g/mol. The van der Waals surface area contributed by atoms with Crippen LogP contribution in [0, 0.1) is 0 Å². The number of hydrogen-bond acceptors (Lipinski definition) is 5. The Balaban J connectivity index is 1.74. The van der Waals surface area contributed by atoms with Crippen LogP contribution in [0.1, 0.15) is 54.9 Å². The number of allylic oxidation sites excluding steroid dienone is 1. The molecule has 1 aliphatic rings. The summed E-state index contributed by atoms with van der Waals surface area (Å²) in [4.78, 5) is 35.3. The molecule has 1 aromatic rings. The lowest BCUT2D eigenvalue weighted by molar-refractivity contribution is -0.150. The fourth-order valence-electron chi connectivity index (χ4n) is 2.90. The van der Waals surface area contributed by atoms with Crippen LogP contribution in [0.3, 0.4) is 0 Å². The highest BCUT2D eigenvalue weighted by atomic mass is 16.5. The van der Waals surface area contributed by atoms with Crippen molar-refractivity contribution in [2.24, 2.45) is 0 Å². The first kappa shape index (κ1) is 21.4. The van der Waals surface area contributed by atoms with Gasteiger partial charge in [-0.15, -0.1) is 0 Å². The van der Waals surface area contributed by atoms with Crippen molar-refractivity contribution < 1.29 is 23.9 Å². The SMILES string of the molecule is COC(=O)c1ccc(/C=C\C(=O)O[C@H](C)C(=O)NCCC2=CCCCC2)cc1. The first-order valence-electron chi connectivity index (χ1n) is 9.52. The van der Waals surface area contributed by atoms with Crippen LogP contribution in [-0.4, -0.2) is 37.6 Å². The first-order chi connectivity index (χ1) is 13.5. The fraction of sp³-hybridized carbons (Fsp3) is 0.409. The lowest BCUT2D eigenvalue weighted by Gasteiger charge is -2.15. The highest BCUT2D eigenvalue weighted by Gasteiger charge is 2.16. The maximum atomic E-state index is 12.0. The number of methoxy groups -OCH3 is 1. The standard InChI is InChI=1S/C22H27NO5/c1-16(21(25)23-15-14-17-6-4-3-5-7-17)28-20(24)13-10-18-8-11-19(12-9-18)22(26)27-2/h6,8-13,16H,3-5,7,14-15H2,1-2H3,(H,23,25)/b13-10-/t16-/m1/s1. The number of amides is 1. The van der Waals surface area contributed by atoms with Crippen LogP contribution in [0.2, 0.25) is 0 Å². The molecule has 0 fully saturated rings. The Hall–Kier alpha value is -2.89. The zero-order chi connectivity index (χ0) is 20.4. The van der Waals surface area contributed by atoms with Crippen LogP contribution >= 0.6 is 0 Å². The van der Waals surface area contributed by atoms with E-state index in [0.717, 1.165) is 24.8 Å². The van der Waals surface area contributed by atoms with Crippen molar-refractivity contribution in [3.63, 3.8) is 0 Å². The molecule has 1 N–H and O–H groups in total. The van der Waals surface area contributed by atoms with E-state index in [1.54, 1.807) is 37.3 Å². The molecule has 0 spiro atoms. The van der Waals surface area contributed by atoms with Crippen molar-refractivity contribution in [1.29, 1.82) is 0 Å². The topological polar surface area (TPSA) is 81.7 Å². The van der Waals surface area contributed by atoms with Gasteiger partial charge in [-0.2, -0.15) is 0 Å². The quantitative estimate of drug-likeness (QED) is 0.421. The summed E-state index contributed by atoms with van der Waals surface area (Å²) in [6.07, 6.45) is 9.72. The van der Waals surface area contributed by atoms with Crippen molar-refractivity contribution in [3.8, 4) is 0 Å². The maximum absolute atomic E-state index is 12.0. The summed E-state index contributed by atoms with van der Waals surface area (Å²) in [5.41, 5.74) is 2.54. The summed E-state index contributed by atoms with van der Waals surface area (Å²) in [5, 5.41) is 2.81. The van der Waals surface area contributed by atoms with E-state index in [0.29, 0.717) is 12.1 Å². The first-order valence-corrected chi connectivity index (χ1v) is 9.52. The van der Waals surface area contributed by atoms with Crippen LogP contribution < -0.4 is 5.32 Å². The van der Waals surface area contributed by atoms with E-state index < -0.39 is 18.0 Å². The number of nitrogens with one attached hydrogen (secondary N) is 1. The monoisotopic (exact) mass is 385 g/mol. The Morgan fingerprint density at radius 1 is 1.18 bits per heavy atom. The van der Waals surface area contributed by atoms with E-state index in [4.69, 9.17) is 4.74 Å². The van der Waals surface area contributed by atoms with Gasteiger partial charge in [-0.3, -0.25) is 4.79 Å². The van der Waals surface area contributed by atoms with E-state index in [2.05, 4.69) is 16.1 Å². The molecule has 1 aromatic carbocycles. The van der Waals surface area contributed by atoms with Crippen molar-refractivity contribution in [2.75, 3.05) is 13.7 Å². The molecule has 0 heterocycles. The summed E-state index contributed by atoms with van der Waals surface area (Å²) >= 11 is 0. The molecule has 0 unspecified atom stereocenters. The minimum atomic E-state index is -0.862. The Bertz CT molecular complexity index is 749. The van der Waals surface area contributed by atoms with E-state index in [1.807, 2.05) is 0 Å². The number of carbonyl (C=O) groups is 3. The third-order valence-electron chi connectivity index (χ3n) is 4.54. The number of ether oxygens (including phenoxy) is 2. The molecule has 28 heavy (non-hydrogen) atoms. The van der Waals surface area contributed by atoms with E-state index in [9.17, 15) is 14.4 Å². The Kier molecular flexibility index (Phi) is 8.46. The normalized spacial score (nSPS) is 14.9. The van der Waals surface area contributed by atoms with Crippen molar-refractivity contribution in [1.82, 2.24) is 5.32 Å². The average Bonchev–Trinajstić information content (AvgIpc) is 2.72. The van der Waals surface area contributed by atoms with E-state index in [1.165, 1.54) is 31.6 Å². The lowest BCUT2D eigenvalue weighted by atomic mass is 9.97. The number of rotatable bonds is 8. The van der Waals surface area contributed by atoms with Gasteiger partial charge in [0.05, 0.1) is 12.7 Å². The summed E-state index contributed by atoms with van der Waals surface area (Å²) < 4.78 is 9.76. The van der Waals surface area contributed by atoms with Gasteiger partial charge in [0.25, 0.3) is 5.91 Å². The zero-order valence-electron chi connectivity index (χ0n) is 16.4. The number of hydrogen-bond donors (Lipinski definition) is 1. The summed E-state index contributed by atoms with van der Waals surface area (Å²) in [5.74, 6) is -1.33. The molecular formula is C22H27NO5. The molecule has 0 aliphatic heterocycles. The highest BCUT2D eigenvalue weighted by Crippen LogP contribution is 2.19. The lowest BCUT2D eigenvalue weighted by Crippen LogP contribution is -2.36. The van der Waals surface area contributed by atoms with Gasteiger partial charge in [-0.05, 0) is 62.8 Å². The second kappa shape index (κ2) is 11.1. The minimum absolute atomic E-state index is 0.305. The third kappa shape index (κ3) is 7.02. The number of benzene rings is 1. The number of esters is 2. The second-order valence-corrected chi connectivity index (χ2v) is 6.68. The Labute approximate surface area is 165 Å². The van der Waals surface area contributed by atoms with Gasteiger partial charge < -0.3 is 14.8 Å². The molecule has 0 saturated carbocycles. The largest absolute Gasteiger partial charge is 0.465 e. The smallest absolute Gasteiger partial charge is 0.337 e. The fourth-order valence-corrected chi connectivity index (χ4v) is 2.90. The maximum Gasteiger partial charge on any atom is 0.337 e. The Morgan fingerprint density at radius 3 is 2.57 bits per heavy atom. The van der Waals surface area contributed by atoms with Crippen LogP contribution in [-0.2, 0) is 19.1 Å². The molecule has 0 saturated heterocycles. The molecule has 1 aliphatic carbocycles. The van der Waals surface area contributed by atoms with Crippen molar-refractivity contribution in [2.45, 2.75) is 45.1 Å². The van der Waals surface area contributed by atoms with Crippen LogP contribution in [0.15, 0.2) is 42.0 Å².